The molecule has 0 bridgehead atoms. The lowest BCUT2D eigenvalue weighted by atomic mass is 9.96. The first kappa shape index (κ1) is 19.2. The molecular weight excluding hydrogens is 348 g/mol. The molecule has 3 rings (SSSR count). The van der Waals surface area contributed by atoms with Crippen molar-refractivity contribution in [1.82, 2.24) is 9.80 Å². The predicted molar refractivity (Wildman–Crippen MR) is 98.2 cm³/mol. The molecule has 1 heterocycles. The maximum Gasteiger partial charge on any atom is 0.323 e. The second-order valence-electron chi connectivity index (χ2n) is 7.18. The van der Waals surface area contributed by atoms with Crippen molar-refractivity contribution in [3.63, 3.8) is 0 Å². The highest BCUT2D eigenvalue weighted by Crippen LogP contribution is 2.30. The molecule has 0 aromatic heterocycles. The molecule has 0 spiro atoms. The van der Waals surface area contributed by atoms with E-state index < -0.39 is 5.97 Å². The van der Waals surface area contributed by atoms with Gasteiger partial charge in [-0.2, -0.15) is 0 Å². The van der Waals surface area contributed by atoms with Crippen LogP contribution < -0.4 is 4.74 Å². The van der Waals surface area contributed by atoms with Crippen LogP contribution in [0.5, 0.6) is 5.75 Å². The Morgan fingerprint density at radius 2 is 1.89 bits per heavy atom. The van der Waals surface area contributed by atoms with Crippen molar-refractivity contribution in [3.05, 3.63) is 30.3 Å². The number of hydrogen-bond donors (Lipinski definition) is 1. The lowest BCUT2D eigenvalue weighted by molar-refractivity contribution is -0.149. The number of para-hydroxylation sites is 1. The number of amides is 2. The lowest BCUT2D eigenvalue weighted by Gasteiger charge is -2.34. The van der Waals surface area contributed by atoms with Crippen LogP contribution in [0.15, 0.2) is 30.3 Å². The van der Waals surface area contributed by atoms with Gasteiger partial charge in [0.15, 0.2) is 0 Å². The van der Waals surface area contributed by atoms with Gasteiger partial charge in [0.2, 0.25) is 11.8 Å². The van der Waals surface area contributed by atoms with E-state index in [-0.39, 0.29) is 36.7 Å². The van der Waals surface area contributed by atoms with Crippen molar-refractivity contribution >= 4 is 17.8 Å². The van der Waals surface area contributed by atoms with Gasteiger partial charge in [-0.15, -0.1) is 0 Å². The monoisotopic (exact) mass is 374 g/mol. The van der Waals surface area contributed by atoms with Gasteiger partial charge >= 0.3 is 5.97 Å². The van der Waals surface area contributed by atoms with Crippen molar-refractivity contribution in [2.45, 2.75) is 38.1 Å². The molecule has 1 aliphatic carbocycles. The molecule has 0 radical (unpaired) electrons. The van der Waals surface area contributed by atoms with Gasteiger partial charge in [0.25, 0.3) is 0 Å². The highest BCUT2D eigenvalue weighted by atomic mass is 16.5. The average Bonchev–Trinajstić information content (AvgIpc) is 3.51. The maximum absolute atomic E-state index is 12.8. The number of rotatable bonds is 8. The zero-order chi connectivity index (χ0) is 19.2. The van der Waals surface area contributed by atoms with E-state index in [0.717, 1.165) is 25.0 Å². The van der Waals surface area contributed by atoms with E-state index in [4.69, 9.17) is 9.84 Å². The van der Waals surface area contributed by atoms with Crippen LogP contribution >= 0.6 is 0 Å². The third kappa shape index (κ3) is 5.45. The van der Waals surface area contributed by atoms with Crippen LogP contribution in [0.3, 0.4) is 0 Å². The van der Waals surface area contributed by atoms with E-state index in [9.17, 15) is 14.4 Å². The molecule has 1 N–H and O–H groups in total. The summed E-state index contributed by atoms with van der Waals surface area (Å²) in [7, 11) is 0. The van der Waals surface area contributed by atoms with E-state index in [1.807, 2.05) is 30.3 Å². The van der Waals surface area contributed by atoms with Crippen LogP contribution in [-0.4, -0.2) is 65.0 Å². The Morgan fingerprint density at radius 1 is 1.15 bits per heavy atom. The quantitative estimate of drug-likeness (QED) is 0.749. The molecule has 1 unspecified atom stereocenters. The van der Waals surface area contributed by atoms with Gasteiger partial charge < -0.3 is 19.6 Å². The molecule has 1 aromatic rings. The lowest BCUT2D eigenvalue weighted by Crippen LogP contribution is -2.48. The molecule has 1 saturated carbocycles. The molecule has 2 fully saturated rings. The summed E-state index contributed by atoms with van der Waals surface area (Å²) in [5.74, 6) is -0.724. The smallest absolute Gasteiger partial charge is 0.323 e. The third-order valence-electron chi connectivity index (χ3n) is 5.03. The van der Waals surface area contributed by atoms with Crippen molar-refractivity contribution in [3.8, 4) is 5.75 Å². The number of ether oxygens (including phenoxy) is 1. The van der Waals surface area contributed by atoms with Crippen molar-refractivity contribution in [2.75, 3.05) is 26.2 Å². The number of benzene rings is 1. The van der Waals surface area contributed by atoms with Crippen LogP contribution in [0.2, 0.25) is 0 Å². The number of carboxylic acids is 1. The fraction of sp³-hybridized carbons (Fsp3) is 0.550. The summed E-state index contributed by atoms with van der Waals surface area (Å²) >= 11 is 0. The summed E-state index contributed by atoms with van der Waals surface area (Å²) in [6.07, 6.45) is 3.45. The molecule has 1 aliphatic heterocycles. The minimum absolute atomic E-state index is 0.0281. The summed E-state index contributed by atoms with van der Waals surface area (Å²) in [5.41, 5.74) is 0. The molecule has 27 heavy (non-hydrogen) atoms. The standard InChI is InChI=1S/C20H26N2O5/c23-18(10-12-27-17-6-2-1-3-7-17)21-11-4-5-15(13-21)20(26)22(14-19(24)25)16-8-9-16/h1-3,6-7,15-16H,4-5,8-14H2,(H,24,25). The largest absolute Gasteiger partial charge is 0.493 e. The van der Waals surface area contributed by atoms with Crippen molar-refractivity contribution < 1.29 is 24.2 Å². The topological polar surface area (TPSA) is 87.2 Å². The van der Waals surface area contributed by atoms with E-state index in [1.54, 1.807) is 4.90 Å². The third-order valence-corrected chi connectivity index (χ3v) is 5.03. The fourth-order valence-electron chi connectivity index (χ4n) is 3.49. The first-order valence-corrected chi connectivity index (χ1v) is 9.52. The summed E-state index contributed by atoms with van der Waals surface area (Å²) in [5, 5.41) is 9.07. The van der Waals surface area contributed by atoms with Gasteiger partial charge in [-0.05, 0) is 37.8 Å². The maximum atomic E-state index is 12.8. The second-order valence-corrected chi connectivity index (χ2v) is 7.18. The number of carboxylic acid groups (broad SMARTS) is 1. The Labute approximate surface area is 158 Å². The Morgan fingerprint density at radius 3 is 2.56 bits per heavy atom. The van der Waals surface area contributed by atoms with E-state index in [2.05, 4.69) is 0 Å². The number of carbonyl (C=O) groups is 3. The minimum Gasteiger partial charge on any atom is -0.493 e. The van der Waals surface area contributed by atoms with Crippen LogP contribution in [0, 0.1) is 5.92 Å². The number of nitrogens with zero attached hydrogens (tertiary/aromatic N) is 2. The molecule has 2 aliphatic rings. The van der Waals surface area contributed by atoms with Gasteiger partial charge in [0, 0.05) is 19.1 Å². The Hall–Kier alpha value is -2.57. The van der Waals surface area contributed by atoms with E-state index in [0.29, 0.717) is 26.1 Å². The molecular formula is C20H26N2O5. The van der Waals surface area contributed by atoms with Gasteiger partial charge in [-0.1, -0.05) is 18.2 Å². The van der Waals surface area contributed by atoms with Gasteiger partial charge in [-0.3, -0.25) is 14.4 Å². The van der Waals surface area contributed by atoms with Crippen molar-refractivity contribution in [2.24, 2.45) is 5.92 Å². The van der Waals surface area contributed by atoms with Crippen LogP contribution in [0.1, 0.15) is 32.1 Å². The Kier molecular flexibility index (Phi) is 6.32. The van der Waals surface area contributed by atoms with Crippen LogP contribution in [0.4, 0.5) is 0 Å². The summed E-state index contributed by atoms with van der Waals surface area (Å²) in [4.78, 5) is 39.5. The number of likely N-dealkylation sites (tertiary alicyclic amines) is 1. The first-order valence-electron chi connectivity index (χ1n) is 9.52. The van der Waals surface area contributed by atoms with Crippen molar-refractivity contribution in [1.29, 1.82) is 0 Å². The Balaban J connectivity index is 1.49. The summed E-state index contributed by atoms with van der Waals surface area (Å²) in [6, 6.07) is 9.39. The summed E-state index contributed by atoms with van der Waals surface area (Å²) in [6.45, 7) is 1.05. The van der Waals surface area contributed by atoms with E-state index in [1.165, 1.54) is 4.90 Å². The highest BCUT2D eigenvalue weighted by molar-refractivity contribution is 5.85. The molecule has 7 nitrogen and oxygen atoms in total. The predicted octanol–water partition coefficient (Wildman–Crippen LogP) is 1.77. The Bertz CT molecular complexity index is 674. The molecule has 1 aromatic carbocycles. The molecule has 1 atom stereocenters. The number of hydrogen-bond acceptors (Lipinski definition) is 4. The zero-order valence-electron chi connectivity index (χ0n) is 15.4. The van der Waals surface area contributed by atoms with Gasteiger partial charge in [0.1, 0.15) is 12.3 Å². The number of piperidine rings is 1. The van der Waals surface area contributed by atoms with E-state index >= 15 is 0 Å². The number of carbonyl (C=O) groups excluding carboxylic acids is 2. The summed E-state index contributed by atoms with van der Waals surface area (Å²) < 4.78 is 5.58. The zero-order valence-corrected chi connectivity index (χ0v) is 15.4. The molecule has 1 saturated heterocycles. The first-order chi connectivity index (χ1) is 13.0. The van der Waals surface area contributed by atoms with Crippen LogP contribution in [-0.2, 0) is 14.4 Å². The molecule has 2 amide bonds. The molecule has 7 heteroatoms. The fourth-order valence-corrected chi connectivity index (χ4v) is 3.49. The SMILES string of the molecule is O=C(O)CN(C(=O)C1CCCN(C(=O)CCOc2ccccc2)C1)C1CC1. The second kappa shape index (κ2) is 8.88. The average molecular weight is 374 g/mol. The highest BCUT2D eigenvalue weighted by Gasteiger charge is 2.38. The van der Waals surface area contributed by atoms with Crippen LogP contribution in [0.25, 0.3) is 0 Å². The van der Waals surface area contributed by atoms with Gasteiger partial charge in [-0.25, -0.2) is 0 Å². The van der Waals surface area contributed by atoms with Gasteiger partial charge in [0.05, 0.1) is 18.9 Å². The normalized spacial score (nSPS) is 19.4. The minimum atomic E-state index is -0.989. The number of aliphatic carboxylic acids is 1. The molecule has 146 valence electrons.